The van der Waals surface area contributed by atoms with E-state index in [2.05, 4.69) is 41.2 Å². The Morgan fingerprint density at radius 3 is 2.48 bits per heavy atom. The number of hydrogen-bond acceptors (Lipinski definition) is 8. The number of nitrogens with zero attached hydrogens (tertiary/aromatic N) is 5. The lowest BCUT2D eigenvalue weighted by Crippen LogP contribution is -2.41. The number of carbonyl (C=O) groups excluding carboxylic acids is 2. The molecule has 1 atom stereocenters. The number of thiophene rings is 1. The summed E-state index contributed by atoms with van der Waals surface area (Å²) >= 11 is 7.89. The molecule has 4 aromatic rings. The normalized spacial score (nSPS) is 17.8. The minimum Gasteiger partial charge on any atom is -0.478 e. The van der Waals surface area contributed by atoms with Crippen LogP contribution in [0.5, 0.6) is 0 Å². The van der Waals surface area contributed by atoms with Crippen LogP contribution in [0.4, 0.5) is 5.69 Å². The Morgan fingerprint density at radius 1 is 1.08 bits per heavy atom. The number of nitrogens with two attached hydrogens (primary N) is 1. The topological polar surface area (TPSA) is 156 Å². The van der Waals surface area contributed by atoms with Gasteiger partial charge < -0.3 is 21.1 Å². The van der Waals surface area contributed by atoms with Crippen molar-refractivity contribution < 1.29 is 19.5 Å². The number of hydrogen-bond donors (Lipinski definition) is 3. The minimum atomic E-state index is -1.10. The van der Waals surface area contributed by atoms with Gasteiger partial charge in [0.15, 0.2) is 5.82 Å². The molecule has 11 nitrogen and oxygen atoms in total. The molecule has 7 rings (SSSR count). The average molecular weight is 710 g/mol. The number of carbonyl (C=O) groups is 3. The first-order valence-electron chi connectivity index (χ1n) is 16.5. The number of aryl methyl sites for hydroxylation is 2. The average Bonchev–Trinajstić information content (AvgIpc) is 3.65. The summed E-state index contributed by atoms with van der Waals surface area (Å²) in [7, 11) is 0. The predicted octanol–water partition coefficient (Wildman–Crippen LogP) is 5.61. The number of rotatable bonds is 6. The zero-order valence-corrected chi connectivity index (χ0v) is 29.5. The third-order valence-electron chi connectivity index (χ3n) is 9.70. The molecule has 2 aromatic heterocycles. The number of halogens is 1. The van der Waals surface area contributed by atoms with E-state index in [4.69, 9.17) is 22.3 Å². The zero-order valence-electron chi connectivity index (χ0n) is 27.9. The second-order valence-electron chi connectivity index (χ2n) is 13.2. The molecule has 1 saturated carbocycles. The van der Waals surface area contributed by atoms with Crippen molar-refractivity contribution in [3.8, 4) is 16.8 Å². The second kappa shape index (κ2) is 13.1. The highest BCUT2D eigenvalue weighted by Crippen LogP contribution is 2.40. The quantitative estimate of drug-likeness (QED) is 0.220. The van der Waals surface area contributed by atoms with Gasteiger partial charge in [0.05, 0.1) is 23.2 Å². The van der Waals surface area contributed by atoms with Gasteiger partial charge in [-0.15, -0.1) is 21.5 Å². The number of aromatic nitrogens is 3. The van der Waals surface area contributed by atoms with Gasteiger partial charge >= 0.3 is 5.97 Å². The molecule has 4 heterocycles. The Hall–Kier alpha value is -4.83. The van der Waals surface area contributed by atoms with E-state index in [1.807, 2.05) is 35.8 Å². The smallest absolute Gasteiger partial charge is 0.336 e. The molecule has 1 saturated heterocycles. The van der Waals surface area contributed by atoms with E-state index in [0.717, 1.165) is 46.1 Å². The Kier molecular flexibility index (Phi) is 8.84. The van der Waals surface area contributed by atoms with Crippen LogP contribution >= 0.6 is 22.9 Å². The fourth-order valence-corrected chi connectivity index (χ4v) is 7.77. The van der Waals surface area contributed by atoms with Crippen LogP contribution in [0.15, 0.2) is 47.5 Å². The number of anilines is 1. The van der Waals surface area contributed by atoms with Gasteiger partial charge in [-0.1, -0.05) is 35.6 Å². The van der Waals surface area contributed by atoms with Crippen LogP contribution in [0.25, 0.3) is 5.00 Å². The number of aliphatic imine (C=N–C) groups is 1. The van der Waals surface area contributed by atoms with E-state index < -0.39 is 17.6 Å². The third kappa shape index (κ3) is 6.56. The van der Waals surface area contributed by atoms with E-state index in [1.54, 1.807) is 28.4 Å². The first-order valence-corrected chi connectivity index (χ1v) is 17.7. The molecule has 0 spiro atoms. The number of nitrogens with one attached hydrogen (secondary N) is 1. The third-order valence-corrected chi connectivity index (χ3v) is 11.1. The summed E-state index contributed by atoms with van der Waals surface area (Å²) in [5, 5.41) is 23.0. The number of amides is 2. The van der Waals surface area contributed by atoms with Gasteiger partial charge in [0.1, 0.15) is 16.9 Å². The van der Waals surface area contributed by atoms with Crippen molar-refractivity contribution in [3.63, 3.8) is 0 Å². The van der Waals surface area contributed by atoms with Crippen LogP contribution in [0, 0.1) is 38.5 Å². The molecule has 4 N–H and O–H groups in total. The van der Waals surface area contributed by atoms with Crippen LogP contribution in [-0.4, -0.2) is 66.9 Å². The van der Waals surface area contributed by atoms with E-state index in [1.165, 1.54) is 10.9 Å². The Balaban J connectivity index is 1.06. The number of aromatic carboxylic acids is 1. The van der Waals surface area contributed by atoms with E-state index in [-0.39, 0.29) is 29.7 Å². The number of piperidine rings is 1. The predicted molar refractivity (Wildman–Crippen MR) is 192 cm³/mol. The van der Waals surface area contributed by atoms with Gasteiger partial charge in [-0.25, -0.2) is 4.79 Å². The van der Waals surface area contributed by atoms with E-state index >= 15 is 0 Å². The van der Waals surface area contributed by atoms with Crippen LogP contribution in [0.3, 0.4) is 0 Å². The van der Waals surface area contributed by atoms with Gasteiger partial charge in [-0.2, -0.15) is 0 Å². The number of fused-ring (bicyclic) bond motifs is 3. The molecule has 2 aromatic carbocycles. The minimum absolute atomic E-state index is 0.0548. The lowest BCUT2D eigenvalue weighted by molar-refractivity contribution is -0.134. The summed E-state index contributed by atoms with van der Waals surface area (Å²) in [5.41, 5.74) is 10.1. The largest absolute Gasteiger partial charge is 0.478 e. The molecule has 0 bridgehead atoms. The van der Waals surface area contributed by atoms with Crippen molar-refractivity contribution >= 4 is 52.1 Å². The summed E-state index contributed by atoms with van der Waals surface area (Å²) in [6.45, 7) is 6.92. The Labute approximate surface area is 298 Å². The summed E-state index contributed by atoms with van der Waals surface area (Å²) < 4.78 is 2.03. The van der Waals surface area contributed by atoms with E-state index in [9.17, 15) is 19.5 Å². The maximum Gasteiger partial charge on any atom is 0.336 e. The van der Waals surface area contributed by atoms with Gasteiger partial charge in [-0.05, 0) is 82.3 Å². The number of carboxylic acids is 1. The molecule has 2 fully saturated rings. The summed E-state index contributed by atoms with van der Waals surface area (Å²) in [4.78, 5) is 47.1. The van der Waals surface area contributed by atoms with Crippen molar-refractivity contribution in [1.29, 1.82) is 0 Å². The molecular weight excluding hydrogens is 674 g/mol. The molecular formula is C37H36ClN7O4S. The molecule has 2 amide bonds. The molecule has 3 aliphatic rings. The van der Waals surface area contributed by atoms with Gasteiger partial charge in [-0.3, -0.25) is 19.1 Å². The summed E-state index contributed by atoms with van der Waals surface area (Å²) in [6, 6.07) is 11.6. The van der Waals surface area contributed by atoms with Gasteiger partial charge in [0.2, 0.25) is 11.8 Å². The molecule has 1 aliphatic carbocycles. The summed E-state index contributed by atoms with van der Waals surface area (Å²) in [5.74, 6) is 5.54. The van der Waals surface area contributed by atoms with Gasteiger partial charge in [0, 0.05) is 51.3 Å². The highest BCUT2D eigenvalue weighted by Gasteiger charge is 2.37. The maximum absolute atomic E-state index is 13.9. The monoisotopic (exact) mass is 709 g/mol. The highest BCUT2D eigenvalue weighted by atomic mass is 35.5. The first-order chi connectivity index (χ1) is 23.9. The number of carboxylic acid groups (broad SMARTS) is 1. The maximum atomic E-state index is 13.9. The van der Waals surface area contributed by atoms with Gasteiger partial charge in [0.25, 0.3) is 0 Å². The second-order valence-corrected chi connectivity index (χ2v) is 14.9. The molecule has 256 valence electrons. The van der Waals surface area contributed by atoms with Crippen molar-refractivity contribution in [2.45, 2.75) is 64.5 Å². The van der Waals surface area contributed by atoms with E-state index in [0.29, 0.717) is 48.0 Å². The number of benzene rings is 2. The highest BCUT2D eigenvalue weighted by molar-refractivity contribution is 7.15. The van der Waals surface area contributed by atoms with Crippen molar-refractivity contribution in [2.75, 3.05) is 18.4 Å². The molecule has 0 radical (unpaired) electrons. The standard InChI is InChI=1S/C37H36ClN7O4S/c1-20-21(2)50-35-31(20)32(23-4-6-26(38)7-5-23)41-29(33-43-42-22(3)45(33)35)19-30(46)44-16-11-24(12-17-44)34(47)40-27-8-9-28(36(48)49)25(18-27)10-13-37(39)14-15-37/h4-9,18,24,29H,11-12,14-17,19,39H2,1-3H3,(H,40,47)(H,48,49)/t29-/m0/s1. The Bertz CT molecular complexity index is 2130. The Morgan fingerprint density at radius 2 is 1.80 bits per heavy atom. The first kappa shape index (κ1) is 33.7. The molecule has 0 unspecified atom stereocenters. The zero-order chi connectivity index (χ0) is 35.3. The van der Waals surface area contributed by atoms with Crippen molar-refractivity contribution in [3.05, 3.63) is 91.8 Å². The van der Waals surface area contributed by atoms with Crippen LogP contribution < -0.4 is 11.1 Å². The fourth-order valence-electron chi connectivity index (χ4n) is 6.43. The molecule has 2 aliphatic heterocycles. The number of likely N-dealkylation sites (tertiary alicyclic amines) is 1. The van der Waals surface area contributed by atoms with Crippen molar-refractivity contribution in [1.82, 2.24) is 19.7 Å². The van der Waals surface area contributed by atoms with Crippen molar-refractivity contribution in [2.24, 2.45) is 16.6 Å². The SMILES string of the molecule is Cc1sc2c(c1C)C(c1ccc(Cl)cc1)=N[C@@H](CC(=O)N1CCC(C(=O)Nc3ccc(C(=O)O)c(C#CC4(N)CC4)c3)CC1)c1nnc(C)n1-2. The lowest BCUT2D eigenvalue weighted by atomic mass is 9.95. The van der Waals surface area contributed by atoms with Crippen LogP contribution in [0.2, 0.25) is 5.02 Å². The molecule has 50 heavy (non-hydrogen) atoms. The summed E-state index contributed by atoms with van der Waals surface area (Å²) in [6.07, 6.45) is 2.62. The fraction of sp³-hybridized carbons (Fsp3) is 0.351. The van der Waals surface area contributed by atoms with Crippen LogP contribution in [-0.2, 0) is 9.59 Å². The molecule has 13 heteroatoms. The van der Waals surface area contributed by atoms with Crippen LogP contribution in [0.1, 0.15) is 87.3 Å². The lowest BCUT2D eigenvalue weighted by Gasteiger charge is -2.32.